The van der Waals surface area contributed by atoms with Crippen LogP contribution in [0, 0.1) is 0 Å². The summed E-state index contributed by atoms with van der Waals surface area (Å²) in [7, 11) is 0. The van der Waals surface area contributed by atoms with Gasteiger partial charge in [-0.25, -0.2) is 0 Å². The van der Waals surface area contributed by atoms with Gasteiger partial charge < -0.3 is 14.7 Å². The standard InChI is InChI=1S/C64H43N3S2/c1-6-20-45(21-7-1)65(46-22-8-2-9-23-46)50-34-39-63-57(42-50)58-40-44(52-36-37-59(54-31-17-16-30-53(52)54)66(47-24-10-3-11-25-47)48-26-12-4-13-27-48)41-60(64(58)69-63)67(49-28-14-5-15-29-49)51-35-38-62-56(43-51)55-32-18-19-33-61(55)68-62/h1-43H. The highest BCUT2D eigenvalue weighted by Crippen LogP contribution is 2.51. The zero-order valence-electron chi connectivity index (χ0n) is 37.5. The summed E-state index contributed by atoms with van der Waals surface area (Å²) in [4.78, 5) is 7.22. The average Bonchev–Trinajstić information content (AvgIpc) is 3.98. The molecule has 0 unspecified atom stereocenters. The Labute approximate surface area is 409 Å². The van der Waals surface area contributed by atoms with Gasteiger partial charge in [-0.15, -0.1) is 22.7 Å². The second kappa shape index (κ2) is 17.3. The van der Waals surface area contributed by atoms with Gasteiger partial charge in [0.1, 0.15) is 0 Å². The lowest BCUT2D eigenvalue weighted by Crippen LogP contribution is -2.11. The molecule has 0 fully saturated rings. The number of rotatable bonds is 10. The highest BCUT2D eigenvalue weighted by atomic mass is 32.1. The van der Waals surface area contributed by atoms with Crippen LogP contribution in [0.3, 0.4) is 0 Å². The molecule has 0 bridgehead atoms. The first-order valence-electron chi connectivity index (χ1n) is 23.3. The van der Waals surface area contributed by atoms with Crippen molar-refractivity contribution in [2.24, 2.45) is 0 Å². The Kier molecular flexibility index (Phi) is 10.2. The van der Waals surface area contributed by atoms with Gasteiger partial charge in [0.15, 0.2) is 0 Å². The monoisotopic (exact) mass is 917 g/mol. The molecule has 0 spiro atoms. The molecule has 3 nitrogen and oxygen atoms in total. The van der Waals surface area contributed by atoms with Gasteiger partial charge in [-0.3, -0.25) is 0 Å². The number of anilines is 9. The number of hydrogen-bond acceptors (Lipinski definition) is 5. The van der Waals surface area contributed by atoms with E-state index < -0.39 is 0 Å². The van der Waals surface area contributed by atoms with Crippen LogP contribution in [-0.2, 0) is 0 Å². The highest BCUT2D eigenvalue weighted by molar-refractivity contribution is 7.26. The topological polar surface area (TPSA) is 9.72 Å². The van der Waals surface area contributed by atoms with Crippen LogP contribution in [-0.4, -0.2) is 0 Å². The third-order valence-corrected chi connectivity index (χ3v) is 15.5. The van der Waals surface area contributed by atoms with E-state index in [1.165, 1.54) is 56.7 Å². The van der Waals surface area contributed by atoms with Crippen molar-refractivity contribution in [3.63, 3.8) is 0 Å². The van der Waals surface area contributed by atoms with E-state index in [-0.39, 0.29) is 0 Å². The molecule has 0 radical (unpaired) electrons. The number of benzene rings is 11. The summed E-state index contributed by atoms with van der Waals surface area (Å²) in [6.07, 6.45) is 0. The molecule has 0 saturated carbocycles. The molecule has 2 aromatic heterocycles. The fourth-order valence-corrected chi connectivity index (χ4v) is 12.3. The molecule has 5 heteroatoms. The lowest BCUT2D eigenvalue weighted by Gasteiger charge is -2.28. The van der Waals surface area contributed by atoms with Gasteiger partial charge in [-0.05, 0) is 138 Å². The smallest absolute Gasteiger partial charge is 0.0646 e. The minimum Gasteiger partial charge on any atom is -0.310 e. The van der Waals surface area contributed by atoms with Gasteiger partial charge in [0, 0.05) is 80.8 Å². The second-order valence-corrected chi connectivity index (χ2v) is 19.4. The molecule has 13 rings (SSSR count). The largest absolute Gasteiger partial charge is 0.310 e. The van der Waals surface area contributed by atoms with Crippen molar-refractivity contribution in [2.45, 2.75) is 0 Å². The number of fused-ring (bicyclic) bond motifs is 7. The van der Waals surface area contributed by atoms with Crippen LogP contribution in [0.15, 0.2) is 261 Å². The van der Waals surface area contributed by atoms with Crippen molar-refractivity contribution in [2.75, 3.05) is 14.7 Å². The Morgan fingerprint density at radius 2 is 0.652 bits per heavy atom. The number of nitrogens with zero attached hydrogens (tertiary/aromatic N) is 3. The van der Waals surface area contributed by atoms with Crippen molar-refractivity contribution in [1.29, 1.82) is 0 Å². The van der Waals surface area contributed by atoms with Crippen molar-refractivity contribution >= 4 is 125 Å². The highest BCUT2D eigenvalue weighted by Gasteiger charge is 2.24. The van der Waals surface area contributed by atoms with Crippen LogP contribution in [0.1, 0.15) is 0 Å². The van der Waals surface area contributed by atoms with E-state index in [4.69, 9.17) is 0 Å². The maximum atomic E-state index is 2.48. The summed E-state index contributed by atoms with van der Waals surface area (Å²) in [6, 6.07) is 94.9. The van der Waals surface area contributed by atoms with E-state index in [1.807, 2.05) is 22.7 Å². The Morgan fingerprint density at radius 1 is 0.232 bits per heavy atom. The normalized spacial score (nSPS) is 11.5. The molecule has 0 aliphatic carbocycles. The molecule has 326 valence electrons. The maximum absolute atomic E-state index is 2.48. The lowest BCUT2D eigenvalue weighted by atomic mass is 9.94. The van der Waals surface area contributed by atoms with Gasteiger partial charge in [0.2, 0.25) is 0 Å². The fourth-order valence-electron chi connectivity index (χ4n) is 10.1. The number of para-hydroxylation sites is 5. The Hall–Kier alpha value is -8.48. The van der Waals surface area contributed by atoms with E-state index in [9.17, 15) is 0 Å². The lowest BCUT2D eigenvalue weighted by molar-refractivity contribution is 1.29. The second-order valence-electron chi connectivity index (χ2n) is 17.3. The van der Waals surface area contributed by atoms with Crippen molar-refractivity contribution in [1.82, 2.24) is 0 Å². The zero-order valence-corrected chi connectivity index (χ0v) is 39.1. The van der Waals surface area contributed by atoms with E-state index >= 15 is 0 Å². The molecule has 0 atom stereocenters. The molecule has 13 aromatic rings. The summed E-state index contributed by atoms with van der Waals surface area (Å²) >= 11 is 3.73. The van der Waals surface area contributed by atoms with Crippen LogP contribution in [0.5, 0.6) is 0 Å². The van der Waals surface area contributed by atoms with Crippen LogP contribution in [0.2, 0.25) is 0 Å². The Morgan fingerprint density at radius 3 is 1.22 bits per heavy atom. The van der Waals surface area contributed by atoms with Crippen LogP contribution < -0.4 is 14.7 Å². The van der Waals surface area contributed by atoms with Gasteiger partial charge in [-0.2, -0.15) is 0 Å². The molecule has 2 heterocycles. The van der Waals surface area contributed by atoms with E-state index in [1.54, 1.807) is 0 Å². The minimum absolute atomic E-state index is 1.11. The molecular formula is C64H43N3S2. The predicted molar refractivity (Wildman–Crippen MR) is 299 cm³/mol. The van der Waals surface area contributed by atoms with Crippen LogP contribution in [0.25, 0.3) is 62.2 Å². The maximum Gasteiger partial charge on any atom is 0.0646 e. The fraction of sp³-hybridized carbons (Fsp3) is 0. The van der Waals surface area contributed by atoms with Crippen LogP contribution >= 0.6 is 22.7 Å². The van der Waals surface area contributed by atoms with Gasteiger partial charge in [0.05, 0.1) is 16.1 Å². The summed E-state index contributed by atoms with van der Waals surface area (Å²) in [5.41, 5.74) is 12.4. The van der Waals surface area contributed by atoms with Crippen molar-refractivity contribution < 1.29 is 0 Å². The quantitative estimate of drug-likeness (QED) is 0.135. The first-order chi connectivity index (χ1) is 34.2. The molecule has 0 saturated heterocycles. The molecule has 0 aliphatic heterocycles. The minimum atomic E-state index is 1.11. The van der Waals surface area contributed by atoms with Crippen molar-refractivity contribution in [3.05, 3.63) is 261 Å². The first-order valence-corrected chi connectivity index (χ1v) is 25.0. The van der Waals surface area contributed by atoms with E-state index in [0.29, 0.717) is 0 Å². The zero-order chi connectivity index (χ0) is 45.7. The molecule has 0 amide bonds. The van der Waals surface area contributed by atoms with Gasteiger partial charge in [0.25, 0.3) is 0 Å². The SMILES string of the molecule is c1ccc(N(c2ccccc2)c2ccc3sc4c(N(c5ccccc5)c5ccc6sc7ccccc7c6c5)cc(-c5ccc(N(c6ccccc6)c6ccccc6)c6ccccc56)cc4c3c2)cc1. The number of thiophene rings is 2. The third-order valence-electron chi connectivity index (χ3n) is 13.2. The van der Waals surface area contributed by atoms with Gasteiger partial charge in [-0.1, -0.05) is 140 Å². The molecule has 0 N–H and O–H groups in total. The summed E-state index contributed by atoms with van der Waals surface area (Å²) in [5.74, 6) is 0. The van der Waals surface area contributed by atoms with E-state index in [0.717, 1.165) is 56.7 Å². The molecule has 11 aromatic carbocycles. The van der Waals surface area contributed by atoms with Gasteiger partial charge >= 0.3 is 0 Å². The first kappa shape index (κ1) is 40.8. The Balaban J connectivity index is 1.08. The molecular weight excluding hydrogens is 875 g/mol. The van der Waals surface area contributed by atoms with E-state index in [2.05, 4.69) is 276 Å². The summed E-state index contributed by atoms with van der Waals surface area (Å²) in [5, 5.41) is 7.37. The van der Waals surface area contributed by atoms with Crippen LogP contribution in [0.4, 0.5) is 51.2 Å². The molecule has 0 aliphatic rings. The number of hydrogen-bond donors (Lipinski definition) is 0. The summed E-state index contributed by atoms with van der Waals surface area (Å²) in [6.45, 7) is 0. The molecule has 69 heavy (non-hydrogen) atoms. The Bertz CT molecular complexity index is 3880. The average molecular weight is 918 g/mol. The third kappa shape index (κ3) is 7.28. The van der Waals surface area contributed by atoms with Crippen molar-refractivity contribution in [3.8, 4) is 11.1 Å². The summed E-state index contributed by atoms with van der Waals surface area (Å²) < 4.78 is 5.06. The predicted octanol–water partition coefficient (Wildman–Crippen LogP) is 19.7.